The molecule has 0 aliphatic heterocycles. The molecule has 2 aromatic rings. The molecule has 0 aliphatic rings. The molecular formula is C16H17NO3S. The lowest BCUT2D eigenvalue weighted by Crippen LogP contribution is -2.19. The Bertz CT molecular complexity index is 669. The zero-order chi connectivity index (χ0) is 15.2. The Labute approximate surface area is 127 Å². The van der Waals surface area contributed by atoms with Gasteiger partial charge in [-0.05, 0) is 29.8 Å². The SMILES string of the molecule is COC(=O)CC(Sc1ccc2ccccc2c1)C(C)=NO. The lowest BCUT2D eigenvalue weighted by atomic mass is 10.1. The van der Waals surface area contributed by atoms with Crippen LogP contribution in [0, 0.1) is 0 Å². The maximum absolute atomic E-state index is 11.5. The van der Waals surface area contributed by atoms with Crippen molar-refractivity contribution in [3.63, 3.8) is 0 Å². The van der Waals surface area contributed by atoms with E-state index in [2.05, 4.69) is 17.3 Å². The minimum Gasteiger partial charge on any atom is -0.469 e. The first-order valence-corrected chi connectivity index (χ1v) is 7.43. The molecule has 2 aromatic carbocycles. The Morgan fingerprint density at radius 2 is 2.00 bits per heavy atom. The van der Waals surface area contributed by atoms with Gasteiger partial charge in [-0.25, -0.2) is 0 Å². The summed E-state index contributed by atoms with van der Waals surface area (Å²) in [5, 5.41) is 14.2. The molecule has 0 bridgehead atoms. The zero-order valence-corrected chi connectivity index (χ0v) is 12.8. The summed E-state index contributed by atoms with van der Waals surface area (Å²) in [5.74, 6) is -0.323. The van der Waals surface area contributed by atoms with Crippen LogP contribution in [0.1, 0.15) is 13.3 Å². The van der Waals surface area contributed by atoms with Gasteiger partial charge in [-0.2, -0.15) is 0 Å². The number of benzene rings is 2. The number of thioether (sulfide) groups is 1. The van der Waals surface area contributed by atoms with Crippen molar-refractivity contribution in [2.75, 3.05) is 7.11 Å². The number of oxime groups is 1. The number of hydrogen-bond acceptors (Lipinski definition) is 5. The summed E-state index contributed by atoms with van der Waals surface area (Å²) in [6.07, 6.45) is 0.171. The molecule has 0 aromatic heterocycles. The van der Waals surface area contributed by atoms with E-state index in [0.29, 0.717) is 5.71 Å². The van der Waals surface area contributed by atoms with Crippen LogP contribution in [0.2, 0.25) is 0 Å². The predicted octanol–water partition coefficient (Wildman–Crippen LogP) is 3.71. The first-order chi connectivity index (χ1) is 10.1. The molecule has 0 fully saturated rings. The molecule has 4 nitrogen and oxygen atoms in total. The molecule has 0 saturated heterocycles. The molecule has 0 spiro atoms. The van der Waals surface area contributed by atoms with E-state index in [0.717, 1.165) is 10.3 Å². The van der Waals surface area contributed by atoms with Crippen LogP contribution in [0.5, 0.6) is 0 Å². The zero-order valence-electron chi connectivity index (χ0n) is 11.9. The third-order valence-electron chi connectivity index (χ3n) is 3.20. The van der Waals surface area contributed by atoms with Crippen LogP contribution in [0.15, 0.2) is 52.5 Å². The molecule has 2 rings (SSSR count). The second kappa shape index (κ2) is 7.13. The van der Waals surface area contributed by atoms with Gasteiger partial charge in [0.15, 0.2) is 0 Å². The summed E-state index contributed by atoms with van der Waals surface area (Å²) in [5.41, 5.74) is 0.499. The first-order valence-electron chi connectivity index (χ1n) is 6.55. The number of nitrogens with zero attached hydrogens (tertiary/aromatic N) is 1. The molecule has 21 heavy (non-hydrogen) atoms. The predicted molar refractivity (Wildman–Crippen MR) is 85.1 cm³/mol. The van der Waals surface area contributed by atoms with Crippen molar-refractivity contribution in [2.24, 2.45) is 5.16 Å². The lowest BCUT2D eigenvalue weighted by molar-refractivity contribution is -0.140. The number of carbonyl (C=O) groups is 1. The average molecular weight is 303 g/mol. The van der Waals surface area contributed by atoms with Crippen LogP contribution >= 0.6 is 11.8 Å². The second-order valence-electron chi connectivity index (χ2n) is 4.64. The molecule has 1 N–H and O–H groups in total. The van der Waals surface area contributed by atoms with Gasteiger partial charge < -0.3 is 9.94 Å². The highest BCUT2D eigenvalue weighted by molar-refractivity contribution is 8.00. The normalized spacial score (nSPS) is 13.1. The maximum atomic E-state index is 11.5. The van der Waals surface area contributed by atoms with E-state index in [1.54, 1.807) is 6.92 Å². The minimum atomic E-state index is -0.323. The summed E-state index contributed by atoms with van der Waals surface area (Å²) in [7, 11) is 1.35. The summed E-state index contributed by atoms with van der Waals surface area (Å²) in [6.45, 7) is 1.70. The smallest absolute Gasteiger partial charge is 0.307 e. The molecule has 1 unspecified atom stereocenters. The Kier molecular flexibility index (Phi) is 5.22. The van der Waals surface area contributed by atoms with Crippen molar-refractivity contribution in [1.29, 1.82) is 0 Å². The molecule has 0 amide bonds. The summed E-state index contributed by atoms with van der Waals surface area (Å²) < 4.78 is 4.69. The highest BCUT2D eigenvalue weighted by atomic mass is 32.2. The number of rotatable bonds is 5. The highest BCUT2D eigenvalue weighted by Crippen LogP contribution is 2.29. The minimum absolute atomic E-state index is 0.171. The van der Waals surface area contributed by atoms with Crippen molar-refractivity contribution in [3.05, 3.63) is 42.5 Å². The molecular weight excluding hydrogens is 286 g/mol. The Balaban J connectivity index is 2.23. The fourth-order valence-corrected chi connectivity index (χ4v) is 3.09. The van der Waals surface area contributed by atoms with E-state index in [-0.39, 0.29) is 17.6 Å². The van der Waals surface area contributed by atoms with Gasteiger partial charge in [0.25, 0.3) is 0 Å². The molecule has 0 aliphatic carbocycles. The number of carbonyl (C=O) groups excluding carboxylic acids is 1. The van der Waals surface area contributed by atoms with Crippen LogP contribution in [0.4, 0.5) is 0 Å². The average Bonchev–Trinajstić information content (AvgIpc) is 2.53. The van der Waals surface area contributed by atoms with Crippen LogP contribution < -0.4 is 0 Å². The van der Waals surface area contributed by atoms with E-state index in [9.17, 15) is 4.79 Å². The van der Waals surface area contributed by atoms with E-state index in [4.69, 9.17) is 9.94 Å². The third-order valence-corrected chi connectivity index (χ3v) is 4.52. The van der Waals surface area contributed by atoms with Gasteiger partial charge in [0, 0.05) is 4.90 Å². The van der Waals surface area contributed by atoms with Crippen LogP contribution in [-0.4, -0.2) is 29.2 Å². The monoisotopic (exact) mass is 303 g/mol. The molecule has 0 radical (unpaired) electrons. The van der Waals surface area contributed by atoms with Gasteiger partial charge in [-0.3, -0.25) is 4.79 Å². The number of hydrogen-bond donors (Lipinski definition) is 1. The standard InChI is InChI=1S/C16H17NO3S/c1-11(17-19)15(10-16(18)20-2)21-14-8-7-12-5-3-4-6-13(12)9-14/h3-9,15,19H,10H2,1-2H3. The third kappa shape index (κ3) is 3.98. The summed E-state index contributed by atoms with van der Waals surface area (Å²) in [4.78, 5) is 12.5. The first kappa shape index (κ1) is 15.4. The second-order valence-corrected chi connectivity index (χ2v) is 5.91. The van der Waals surface area contributed by atoms with Crippen molar-refractivity contribution in [2.45, 2.75) is 23.5 Å². The van der Waals surface area contributed by atoms with Gasteiger partial charge >= 0.3 is 5.97 Å². The van der Waals surface area contributed by atoms with Gasteiger partial charge in [0.2, 0.25) is 0 Å². The van der Waals surface area contributed by atoms with Crippen LogP contribution in [-0.2, 0) is 9.53 Å². The van der Waals surface area contributed by atoms with Gasteiger partial charge in [0.1, 0.15) is 0 Å². The molecule has 1 atom stereocenters. The maximum Gasteiger partial charge on any atom is 0.307 e. The Morgan fingerprint density at radius 3 is 2.67 bits per heavy atom. The van der Waals surface area contributed by atoms with E-state index in [1.165, 1.54) is 24.3 Å². The summed E-state index contributed by atoms with van der Waals surface area (Å²) in [6, 6.07) is 14.2. The molecule has 5 heteroatoms. The Morgan fingerprint density at radius 1 is 1.29 bits per heavy atom. The number of fused-ring (bicyclic) bond motifs is 1. The van der Waals surface area contributed by atoms with Gasteiger partial charge in [-0.15, -0.1) is 11.8 Å². The fourth-order valence-electron chi connectivity index (χ4n) is 1.98. The van der Waals surface area contributed by atoms with E-state index in [1.807, 2.05) is 30.3 Å². The number of methoxy groups -OCH3 is 1. The topological polar surface area (TPSA) is 58.9 Å². The van der Waals surface area contributed by atoms with Crippen molar-refractivity contribution >= 4 is 34.2 Å². The number of esters is 1. The van der Waals surface area contributed by atoms with E-state index < -0.39 is 0 Å². The van der Waals surface area contributed by atoms with Crippen molar-refractivity contribution in [1.82, 2.24) is 0 Å². The van der Waals surface area contributed by atoms with Crippen LogP contribution in [0.3, 0.4) is 0 Å². The highest BCUT2D eigenvalue weighted by Gasteiger charge is 2.19. The summed E-state index contributed by atoms with van der Waals surface area (Å²) >= 11 is 1.49. The molecule has 0 heterocycles. The van der Waals surface area contributed by atoms with Crippen molar-refractivity contribution in [3.8, 4) is 0 Å². The van der Waals surface area contributed by atoms with Crippen molar-refractivity contribution < 1.29 is 14.7 Å². The van der Waals surface area contributed by atoms with E-state index >= 15 is 0 Å². The Hall–Kier alpha value is -2.01. The quantitative estimate of drug-likeness (QED) is 0.301. The molecule has 0 saturated carbocycles. The molecule has 110 valence electrons. The van der Waals surface area contributed by atoms with Gasteiger partial charge in [-0.1, -0.05) is 35.5 Å². The van der Waals surface area contributed by atoms with Gasteiger partial charge in [0.05, 0.1) is 24.5 Å². The number of ether oxygens (including phenoxy) is 1. The fraction of sp³-hybridized carbons (Fsp3) is 0.250. The van der Waals surface area contributed by atoms with Crippen LogP contribution in [0.25, 0.3) is 10.8 Å². The largest absolute Gasteiger partial charge is 0.469 e. The lowest BCUT2D eigenvalue weighted by Gasteiger charge is -2.14.